The number of rotatable bonds is 7. The van der Waals surface area contributed by atoms with Crippen molar-refractivity contribution < 1.29 is 27.5 Å². The highest BCUT2D eigenvalue weighted by Crippen LogP contribution is 2.40. The highest BCUT2D eigenvalue weighted by atomic mass is 32.2. The molecule has 2 aliphatic rings. The minimum Gasteiger partial charge on any atom is -0.497 e. The van der Waals surface area contributed by atoms with Gasteiger partial charge in [0.15, 0.2) is 6.10 Å². The Labute approximate surface area is 218 Å². The predicted molar refractivity (Wildman–Crippen MR) is 141 cm³/mol. The number of hydrogen-bond donors (Lipinski definition) is 1. The second kappa shape index (κ2) is 10.2. The molecule has 0 spiro atoms. The number of hydrogen-bond acceptors (Lipinski definition) is 8. The first-order valence-corrected chi connectivity index (χ1v) is 13.7. The zero-order valence-electron chi connectivity index (χ0n) is 21.7. The molecule has 0 radical (unpaired) electrons. The first-order valence-electron chi connectivity index (χ1n) is 12.3. The minimum absolute atomic E-state index is 0.105. The molecule has 1 fully saturated rings. The summed E-state index contributed by atoms with van der Waals surface area (Å²) in [6.07, 6.45) is -0.561. The summed E-state index contributed by atoms with van der Waals surface area (Å²) in [5.41, 5.74) is 7.71. The number of nitrogens with two attached hydrogens (primary N) is 1. The maximum atomic E-state index is 13.7. The molecule has 200 valence electrons. The van der Waals surface area contributed by atoms with E-state index in [0.717, 1.165) is 5.69 Å². The van der Waals surface area contributed by atoms with Crippen LogP contribution in [0.25, 0.3) is 0 Å². The summed E-state index contributed by atoms with van der Waals surface area (Å²) in [6, 6.07) is 10.4. The van der Waals surface area contributed by atoms with E-state index in [4.69, 9.17) is 15.2 Å². The van der Waals surface area contributed by atoms with Crippen molar-refractivity contribution in [3.63, 3.8) is 0 Å². The average molecular weight is 531 g/mol. The van der Waals surface area contributed by atoms with Crippen LogP contribution in [0.3, 0.4) is 0 Å². The summed E-state index contributed by atoms with van der Waals surface area (Å²) >= 11 is 0. The topological polar surface area (TPSA) is 122 Å². The van der Waals surface area contributed by atoms with Gasteiger partial charge in [-0.15, -0.1) is 0 Å². The van der Waals surface area contributed by atoms with Crippen LogP contribution in [0.1, 0.15) is 27.2 Å². The number of ether oxygens (including phenoxy) is 2. The highest BCUT2D eigenvalue weighted by Gasteiger charge is 2.38. The molecular weight excluding hydrogens is 496 g/mol. The van der Waals surface area contributed by atoms with Gasteiger partial charge < -0.3 is 25.0 Å². The van der Waals surface area contributed by atoms with Gasteiger partial charge in [0.25, 0.3) is 15.9 Å². The Kier molecular flexibility index (Phi) is 7.38. The molecular formula is C26H34N4O6S. The number of carbonyl (C=O) groups is 2. The number of carbonyl (C=O) groups excluding carboxylic acids is 2. The molecule has 3 atom stereocenters. The van der Waals surface area contributed by atoms with E-state index in [2.05, 4.69) is 0 Å². The molecule has 4 rings (SSSR count). The Morgan fingerprint density at radius 3 is 2.41 bits per heavy atom. The Hall–Kier alpha value is -3.31. The number of benzene rings is 2. The average Bonchev–Trinajstić information content (AvgIpc) is 3.22. The smallest absolute Gasteiger partial charge is 0.323 e. The summed E-state index contributed by atoms with van der Waals surface area (Å²) in [5.74, 6) is -0.412. The number of sulfonamides is 1. The molecule has 1 amide bonds. The number of anilines is 3. The highest BCUT2D eigenvalue weighted by molar-refractivity contribution is 7.92. The van der Waals surface area contributed by atoms with Crippen molar-refractivity contribution in [2.75, 3.05) is 41.4 Å². The van der Waals surface area contributed by atoms with Crippen LogP contribution < -0.4 is 24.6 Å². The van der Waals surface area contributed by atoms with Gasteiger partial charge in [0.1, 0.15) is 11.8 Å². The van der Waals surface area contributed by atoms with Crippen LogP contribution in [0.4, 0.5) is 17.1 Å². The Morgan fingerprint density at radius 1 is 1.11 bits per heavy atom. The summed E-state index contributed by atoms with van der Waals surface area (Å²) in [4.78, 5) is 28.7. The molecule has 10 nitrogen and oxygen atoms in total. The van der Waals surface area contributed by atoms with Gasteiger partial charge >= 0.3 is 5.97 Å². The van der Waals surface area contributed by atoms with Crippen molar-refractivity contribution in [1.29, 1.82) is 0 Å². The van der Waals surface area contributed by atoms with Crippen molar-refractivity contribution in [3.05, 3.63) is 42.5 Å². The van der Waals surface area contributed by atoms with Gasteiger partial charge in [0, 0.05) is 38.3 Å². The van der Waals surface area contributed by atoms with Gasteiger partial charge in [-0.05, 0) is 49.2 Å². The lowest BCUT2D eigenvalue weighted by Gasteiger charge is -2.41. The first-order chi connectivity index (χ1) is 17.4. The van der Waals surface area contributed by atoms with Crippen LogP contribution in [-0.2, 0) is 24.3 Å². The largest absolute Gasteiger partial charge is 0.497 e. The molecule has 2 aromatic carbocycles. The van der Waals surface area contributed by atoms with Crippen LogP contribution in [0, 0.1) is 5.92 Å². The van der Waals surface area contributed by atoms with E-state index in [1.165, 1.54) is 21.3 Å². The van der Waals surface area contributed by atoms with Crippen molar-refractivity contribution >= 4 is 39.0 Å². The van der Waals surface area contributed by atoms with Gasteiger partial charge in [-0.1, -0.05) is 13.8 Å². The fraction of sp³-hybridized carbons (Fsp3) is 0.462. The maximum absolute atomic E-state index is 13.7. The minimum atomic E-state index is -3.89. The molecule has 2 heterocycles. The van der Waals surface area contributed by atoms with Crippen LogP contribution >= 0.6 is 0 Å². The normalized spacial score (nSPS) is 20.7. The van der Waals surface area contributed by atoms with Crippen LogP contribution in [0.5, 0.6) is 5.75 Å². The van der Waals surface area contributed by atoms with Crippen LogP contribution in [0.15, 0.2) is 47.4 Å². The van der Waals surface area contributed by atoms with E-state index in [-0.39, 0.29) is 22.8 Å². The lowest BCUT2D eigenvalue weighted by atomic mass is 10.1. The van der Waals surface area contributed by atoms with Gasteiger partial charge in [0.05, 0.1) is 29.4 Å². The summed E-state index contributed by atoms with van der Waals surface area (Å²) in [7, 11) is -0.398. The van der Waals surface area contributed by atoms with Crippen molar-refractivity contribution in [2.24, 2.45) is 11.7 Å². The Morgan fingerprint density at radius 2 is 1.78 bits per heavy atom. The van der Waals surface area contributed by atoms with Crippen molar-refractivity contribution in [2.45, 2.75) is 50.3 Å². The molecule has 0 bridgehead atoms. The van der Waals surface area contributed by atoms with Crippen LogP contribution in [-0.4, -0.2) is 65.7 Å². The van der Waals surface area contributed by atoms with Crippen molar-refractivity contribution in [3.8, 4) is 5.75 Å². The van der Waals surface area contributed by atoms with E-state index in [9.17, 15) is 18.0 Å². The van der Waals surface area contributed by atoms with E-state index < -0.39 is 28.1 Å². The lowest BCUT2D eigenvalue weighted by molar-refractivity contribution is -0.155. The molecule has 3 unspecified atom stereocenters. The molecule has 1 saturated heterocycles. The zero-order valence-corrected chi connectivity index (χ0v) is 22.6. The number of fused-ring (bicyclic) bond motifs is 1. The van der Waals surface area contributed by atoms with Gasteiger partial charge in [-0.25, -0.2) is 8.42 Å². The molecule has 37 heavy (non-hydrogen) atoms. The fourth-order valence-electron chi connectivity index (χ4n) is 4.72. The predicted octanol–water partition coefficient (Wildman–Crippen LogP) is 2.36. The van der Waals surface area contributed by atoms with E-state index in [1.807, 2.05) is 38.8 Å². The maximum Gasteiger partial charge on any atom is 0.323 e. The third-order valence-electron chi connectivity index (χ3n) is 6.88. The Bertz CT molecular complexity index is 1280. The molecule has 0 aromatic heterocycles. The van der Waals surface area contributed by atoms with E-state index in [0.29, 0.717) is 36.6 Å². The van der Waals surface area contributed by atoms with E-state index in [1.54, 1.807) is 31.4 Å². The fourth-order valence-corrected chi connectivity index (χ4v) is 6.38. The third-order valence-corrected chi connectivity index (χ3v) is 8.82. The van der Waals surface area contributed by atoms with Gasteiger partial charge in [0.2, 0.25) is 0 Å². The van der Waals surface area contributed by atoms with Gasteiger partial charge in [-0.3, -0.25) is 13.9 Å². The number of amides is 1. The second-order valence-corrected chi connectivity index (χ2v) is 11.7. The summed E-state index contributed by atoms with van der Waals surface area (Å²) in [6.45, 7) is 6.35. The Balaban J connectivity index is 1.55. The number of likely N-dealkylation sites (N-methyl/N-ethyl adjacent to an activating group) is 1. The molecule has 2 aromatic rings. The quantitative estimate of drug-likeness (QED) is 0.542. The van der Waals surface area contributed by atoms with Crippen LogP contribution in [0.2, 0.25) is 0 Å². The molecule has 2 N–H and O–H groups in total. The monoisotopic (exact) mass is 530 g/mol. The molecule has 0 aliphatic carbocycles. The zero-order chi connectivity index (χ0) is 27.1. The second-order valence-electron chi connectivity index (χ2n) is 9.85. The van der Waals surface area contributed by atoms with E-state index >= 15 is 0 Å². The first kappa shape index (κ1) is 26.7. The third kappa shape index (κ3) is 4.97. The standard InChI is InChI=1S/C26H34N4O6S/c1-16(2)24(27)26(32)36-23-12-13-29(25(23)31)18-6-9-20(10-7-18)37(33,34)30-17(3)15-28(4)22-14-19(35-5)8-11-21(22)30/h6-11,14,16-17,23-24H,12-13,15,27H2,1-5H3. The number of nitrogens with zero attached hydrogens (tertiary/aromatic N) is 3. The SMILES string of the molecule is COc1ccc2c(c1)N(C)CC(C)N2S(=O)(=O)c1ccc(N2CCC(OC(=O)C(N)C(C)C)C2=O)cc1. The summed E-state index contributed by atoms with van der Waals surface area (Å²) in [5, 5.41) is 0. The lowest BCUT2D eigenvalue weighted by Crippen LogP contribution is -2.49. The number of esters is 1. The summed E-state index contributed by atoms with van der Waals surface area (Å²) < 4.78 is 39.6. The molecule has 2 aliphatic heterocycles. The number of methoxy groups -OCH3 is 1. The molecule has 0 saturated carbocycles. The molecule has 11 heteroatoms. The van der Waals surface area contributed by atoms with Gasteiger partial charge in [-0.2, -0.15) is 0 Å². The van der Waals surface area contributed by atoms with Crippen molar-refractivity contribution in [1.82, 2.24) is 0 Å².